The molecule has 0 fully saturated rings. The number of nitrogens with zero attached hydrogens (tertiary/aromatic N) is 3. The number of nitrogen functional groups attached to an aromatic ring is 1. The van der Waals surface area contributed by atoms with E-state index >= 15 is 0 Å². The number of anilines is 1. The monoisotopic (exact) mass is 423 g/mol. The number of amides is 1. The molecule has 1 amide bonds. The molecule has 158 valence electrons. The minimum absolute atomic E-state index is 0.0779. The summed E-state index contributed by atoms with van der Waals surface area (Å²) in [4.78, 5) is 12.6. The van der Waals surface area contributed by atoms with Crippen LogP contribution in [0, 0.1) is 13.8 Å². The van der Waals surface area contributed by atoms with Gasteiger partial charge in [0.25, 0.3) is 0 Å². The Hall–Kier alpha value is -2.80. The Morgan fingerprint density at radius 3 is 2.37 bits per heavy atom. The Labute approximate surface area is 182 Å². The highest BCUT2D eigenvalue weighted by atomic mass is 32.2. The number of aryl methyl sites for hydroxylation is 2. The topological polar surface area (TPSA) is 85.8 Å². The van der Waals surface area contributed by atoms with Crippen molar-refractivity contribution >= 4 is 23.4 Å². The van der Waals surface area contributed by atoms with Crippen molar-refractivity contribution < 1.29 is 4.79 Å². The van der Waals surface area contributed by atoms with Crippen LogP contribution in [0.25, 0.3) is 11.4 Å². The van der Waals surface area contributed by atoms with Crippen molar-refractivity contribution in [1.82, 2.24) is 14.9 Å². The van der Waals surface area contributed by atoms with Crippen molar-refractivity contribution in [3.63, 3.8) is 0 Å². The first-order valence-electron chi connectivity index (χ1n) is 9.92. The van der Waals surface area contributed by atoms with E-state index in [0.717, 1.165) is 22.4 Å². The summed E-state index contributed by atoms with van der Waals surface area (Å²) in [5, 5.41) is 11.5. The second kappa shape index (κ2) is 8.52. The molecule has 0 radical (unpaired) electrons. The second-order valence-corrected chi connectivity index (χ2v) is 9.88. The summed E-state index contributed by atoms with van der Waals surface area (Å²) in [5.74, 6) is 6.70. The number of aromatic nitrogens is 3. The molecule has 1 atom stereocenters. The Balaban J connectivity index is 1.71. The van der Waals surface area contributed by atoms with Crippen LogP contribution in [-0.4, -0.2) is 26.0 Å². The lowest BCUT2D eigenvalue weighted by Gasteiger charge is -2.19. The van der Waals surface area contributed by atoms with E-state index in [0.29, 0.717) is 11.0 Å². The minimum atomic E-state index is -0.381. The number of thioether (sulfide) groups is 1. The highest BCUT2D eigenvalue weighted by Crippen LogP contribution is 2.28. The Morgan fingerprint density at radius 2 is 1.77 bits per heavy atom. The van der Waals surface area contributed by atoms with Crippen molar-refractivity contribution in [2.75, 3.05) is 11.2 Å². The molecule has 0 bridgehead atoms. The van der Waals surface area contributed by atoms with Crippen molar-refractivity contribution in [3.8, 4) is 11.4 Å². The molecule has 0 aliphatic rings. The summed E-state index contributed by atoms with van der Waals surface area (Å²) in [5.41, 5.74) is 5.20. The van der Waals surface area contributed by atoms with Crippen LogP contribution >= 0.6 is 11.8 Å². The SMILES string of the molecule is Cc1ccc(NC(=O)[C@@H](C)Sc2nnc(-c3ccc(C(C)(C)C)cc3)n2N)c(C)c1. The number of hydrogen-bond donors (Lipinski definition) is 2. The molecular formula is C23H29N5OS. The van der Waals surface area contributed by atoms with Crippen LogP contribution in [0.5, 0.6) is 0 Å². The fraction of sp³-hybridized carbons (Fsp3) is 0.348. The van der Waals surface area contributed by atoms with Gasteiger partial charge >= 0.3 is 0 Å². The third-order valence-corrected chi connectivity index (χ3v) is 6.02. The van der Waals surface area contributed by atoms with Crippen molar-refractivity contribution in [3.05, 3.63) is 59.2 Å². The predicted octanol–water partition coefficient (Wildman–Crippen LogP) is 4.69. The molecule has 0 unspecified atom stereocenters. The van der Waals surface area contributed by atoms with Gasteiger partial charge in [0.1, 0.15) is 0 Å². The van der Waals surface area contributed by atoms with Gasteiger partial charge < -0.3 is 11.2 Å². The van der Waals surface area contributed by atoms with Crippen molar-refractivity contribution in [1.29, 1.82) is 0 Å². The third kappa shape index (κ3) is 4.84. The molecule has 7 heteroatoms. The summed E-state index contributed by atoms with van der Waals surface area (Å²) in [6.07, 6.45) is 0. The van der Waals surface area contributed by atoms with Crippen LogP contribution in [0.1, 0.15) is 44.4 Å². The van der Waals surface area contributed by atoms with E-state index in [4.69, 9.17) is 5.84 Å². The van der Waals surface area contributed by atoms with E-state index in [1.165, 1.54) is 22.0 Å². The van der Waals surface area contributed by atoms with Gasteiger partial charge in [-0.05, 0) is 43.4 Å². The quantitative estimate of drug-likeness (QED) is 0.459. The maximum absolute atomic E-state index is 12.6. The maximum atomic E-state index is 12.6. The van der Waals surface area contributed by atoms with Crippen molar-refractivity contribution in [2.45, 2.75) is 57.4 Å². The normalized spacial score (nSPS) is 12.6. The zero-order chi connectivity index (χ0) is 22.1. The number of nitrogens with one attached hydrogen (secondary N) is 1. The molecular weight excluding hydrogens is 394 g/mol. The van der Waals surface area contributed by atoms with Gasteiger partial charge in [0.2, 0.25) is 11.1 Å². The number of carbonyl (C=O) groups is 1. The van der Waals surface area contributed by atoms with Gasteiger partial charge in [-0.25, -0.2) is 4.68 Å². The van der Waals surface area contributed by atoms with Crippen LogP contribution in [-0.2, 0) is 10.2 Å². The molecule has 1 heterocycles. The van der Waals surface area contributed by atoms with Crippen LogP contribution in [0.2, 0.25) is 0 Å². The molecule has 6 nitrogen and oxygen atoms in total. The average molecular weight is 424 g/mol. The number of rotatable bonds is 5. The van der Waals surface area contributed by atoms with E-state index < -0.39 is 0 Å². The van der Waals surface area contributed by atoms with Crippen LogP contribution in [0.3, 0.4) is 0 Å². The number of nitrogens with two attached hydrogens (primary N) is 1. The minimum Gasteiger partial charge on any atom is -0.335 e. The number of benzene rings is 2. The lowest BCUT2D eigenvalue weighted by atomic mass is 9.87. The maximum Gasteiger partial charge on any atom is 0.237 e. The zero-order valence-corrected chi connectivity index (χ0v) is 19.2. The smallest absolute Gasteiger partial charge is 0.237 e. The lowest BCUT2D eigenvalue weighted by Crippen LogP contribution is -2.24. The first-order valence-corrected chi connectivity index (χ1v) is 10.8. The summed E-state index contributed by atoms with van der Waals surface area (Å²) < 4.78 is 1.44. The van der Waals surface area contributed by atoms with Gasteiger partial charge in [-0.15, -0.1) is 10.2 Å². The fourth-order valence-electron chi connectivity index (χ4n) is 3.07. The Morgan fingerprint density at radius 1 is 1.10 bits per heavy atom. The van der Waals surface area contributed by atoms with E-state index in [2.05, 4.69) is 48.4 Å². The van der Waals surface area contributed by atoms with Gasteiger partial charge in [0, 0.05) is 11.3 Å². The van der Waals surface area contributed by atoms with Crippen LogP contribution in [0.4, 0.5) is 5.69 Å². The first kappa shape index (κ1) is 21.9. The van der Waals surface area contributed by atoms with E-state index in [-0.39, 0.29) is 16.6 Å². The van der Waals surface area contributed by atoms with Crippen LogP contribution < -0.4 is 11.2 Å². The molecule has 0 saturated carbocycles. The molecule has 30 heavy (non-hydrogen) atoms. The molecule has 0 saturated heterocycles. The average Bonchev–Trinajstić information content (AvgIpc) is 3.03. The Bertz CT molecular complexity index is 1050. The third-order valence-electron chi connectivity index (χ3n) is 4.96. The van der Waals surface area contributed by atoms with Gasteiger partial charge in [0.15, 0.2) is 5.82 Å². The standard InChI is InChI=1S/C23H29N5OS/c1-14-7-12-19(15(2)13-14)25-21(29)16(3)30-22-27-26-20(28(22)24)17-8-10-18(11-9-17)23(4,5)6/h7-13,16H,24H2,1-6H3,(H,25,29)/t16-/m1/s1. The molecule has 2 aromatic carbocycles. The fourth-order valence-corrected chi connectivity index (χ4v) is 3.84. The lowest BCUT2D eigenvalue weighted by molar-refractivity contribution is -0.115. The van der Waals surface area contributed by atoms with E-state index in [1.807, 2.05) is 51.1 Å². The summed E-state index contributed by atoms with van der Waals surface area (Å²) in [7, 11) is 0. The van der Waals surface area contributed by atoms with Crippen molar-refractivity contribution in [2.24, 2.45) is 0 Å². The number of carbonyl (C=O) groups excluding carboxylic acids is 1. The van der Waals surface area contributed by atoms with E-state index in [9.17, 15) is 4.79 Å². The predicted molar refractivity (Wildman–Crippen MR) is 124 cm³/mol. The molecule has 3 N–H and O–H groups in total. The molecule has 1 aromatic heterocycles. The molecule has 3 aromatic rings. The van der Waals surface area contributed by atoms with Gasteiger partial charge in [-0.1, -0.05) is 74.5 Å². The van der Waals surface area contributed by atoms with Crippen LogP contribution in [0.15, 0.2) is 47.6 Å². The molecule has 0 aliphatic carbocycles. The zero-order valence-electron chi connectivity index (χ0n) is 18.4. The highest BCUT2D eigenvalue weighted by molar-refractivity contribution is 8.00. The largest absolute Gasteiger partial charge is 0.335 e. The Kier molecular flexibility index (Phi) is 6.22. The highest BCUT2D eigenvalue weighted by Gasteiger charge is 2.21. The summed E-state index contributed by atoms with van der Waals surface area (Å²) in [6.45, 7) is 12.4. The van der Waals surface area contributed by atoms with Gasteiger partial charge in [0.05, 0.1) is 5.25 Å². The summed E-state index contributed by atoms with van der Waals surface area (Å²) >= 11 is 1.28. The van der Waals surface area contributed by atoms with Gasteiger partial charge in [-0.2, -0.15) is 0 Å². The summed E-state index contributed by atoms with van der Waals surface area (Å²) in [6, 6.07) is 14.1. The number of hydrogen-bond acceptors (Lipinski definition) is 5. The molecule has 0 aliphatic heterocycles. The molecule has 3 rings (SSSR count). The molecule has 0 spiro atoms. The second-order valence-electron chi connectivity index (χ2n) is 8.57. The van der Waals surface area contributed by atoms with Gasteiger partial charge in [-0.3, -0.25) is 4.79 Å². The van der Waals surface area contributed by atoms with E-state index in [1.54, 1.807) is 0 Å². The first-order chi connectivity index (χ1) is 14.1.